The van der Waals surface area contributed by atoms with Gasteiger partial charge in [-0.15, -0.1) is 0 Å². The molecular formula is C13H20N2O2. The molecule has 0 saturated heterocycles. The van der Waals surface area contributed by atoms with E-state index < -0.39 is 0 Å². The summed E-state index contributed by atoms with van der Waals surface area (Å²) in [6, 6.07) is 4.01. The van der Waals surface area contributed by atoms with Gasteiger partial charge < -0.3 is 10.1 Å². The van der Waals surface area contributed by atoms with Crippen molar-refractivity contribution in [1.82, 2.24) is 10.3 Å². The average Bonchev–Trinajstić information content (AvgIpc) is 2.32. The van der Waals surface area contributed by atoms with E-state index in [4.69, 9.17) is 4.74 Å². The van der Waals surface area contributed by atoms with Gasteiger partial charge in [0.05, 0.1) is 12.5 Å². The van der Waals surface area contributed by atoms with E-state index >= 15 is 0 Å². The Morgan fingerprint density at radius 1 is 1.53 bits per heavy atom. The van der Waals surface area contributed by atoms with E-state index in [9.17, 15) is 4.79 Å². The number of carbonyl (C=O) groups is 1. The summed E-state index contributed by atoms with van der Waals surface area (Å²) in [5.74, 6) is -0.268. The minimum Gasteiger partial charge on any atom is -0.466 e. The molecular weight excluding hydrogens is 216 g/mol. The third-order valence-corrected chi connectivity index (χ3v) is 2.44. The van der Waals surface area contributed by atoms with Crippen molar-refractivity contribution >= 4 is 5.97 Å². The number of esters is 1. The van der Waals surface area contributed by atoms with Gasteiger partial charge in [-0.2, -0.15) is 0 Å². The Hall–Kier alpha value is -1.42. The number of nitrogens with zero attached hydrogens (tertiary/aromatic N) is 1. The molecule has 4 heteroatoms. The number of rotatable bonds is 6. The molecule has 0 aliphatic rings. The number of aromatic nitrogens is 1. The summed E-state index contributed by atoms with van der Waals surface area (Å²) in [5, 5.41) is 3.22. The van der Waals surface area contributed by atoms with Crippen LogP contribution >= 0.6 is 0 Å². The van der Waals surface area contributed by atoms with Crippen LogP contribution in [0.3, 0.4) is 0 Å². The van der Waals surface area contributed by atoms with Gasteiger partial charge in [-0.3, -0.25) is 9.78 Å². The minimum atomic E-state index is -0.151. The van der Waals surface area contributed by atoms with E-state index in [1.807, 2.05) is 39.1 Å². The monoisotopic (exact) mass is 236 g/mol. The number of hydrogen-bond acceptors (Lipinski definition) is 4. The first-order valence-corrected chi connectivity index (χ1v) is 5.92. The second-order valence-electron chi connectivity index (χ2n) is 4.09. The molecule has 1 atom stereocenters. The predicted octanol–water partition coefficient (Wildman–Crippen LogP) is 1.68. The lowest BCUT2D eigenvalue weighted by molar-refractivity contribution is -0.147. The number of hydrogen-bond donors (Lipinski definition) is 1. The first kappa shape index (κ1) is 13.6. The molecule has 0 bridgehead atoms. The minimum absolute atomic E-state index is 0.117. The van der Waals surface area contributed by atoms with Gasteiger partial charge in [-0.05, 0) is 25.5 Å². The van der Waals surface area contributed by atoms with Crippen molar-refractivity contribution in [1.29, 1.82) is 0 Å². The topological polar surface area (TPSA) is 51.2 Å². The molecule has 94 valence electrons. The molecule has 0 aliphatic heterocycles. The Balaban J connectivity index is 2.27. The molecule has 0 aromatic carbocycles. The highest BCUT2D eigenvalue weighted by molar-refractivity contribution is 5.72. The summed E-state index contributed by atoms with van der Waals surface area (Å²) in [6.45, 7) is 7.41. The van der Waals surface area contributed by atoms with Gasteiger partial charge >= 0.3 is 5.97 Å². The van der Waals surface area contributed by atoms with Crippen LogP contribution in [0.25, 0.3) is 0 Å². The highest BCUT2D eigenvalue weighted by Crippen LogP contribution is 2.00. The number of nitrogens with one attached hydrogen (secondary N) is 1. The average molecular weight is 236 g/mol. The Morgan fingerprint density at radius 3 is 2.88 bits per heavy atom. The number of aryl methyl sites for hydroxylation is 1. The highest BCUT2D eigenvalue weighted by atomic mass is 16.5. The molecule has 0 aliphatic carbocycles. The van der Waals surface area contributed by atoms with E-state index in [2.05, 4.69) is 10.3 Å². The van der Waals surface area contributed by atoms with E-state index in [-0.39, 0.29) is 11.9 Å². The van der Waals surface area contributed by atoms with Gasteiger partial charge in [-0.1, -0.05) is 13.0 Å². The molecule has 1 unspecified atom stereocenters. The quantitative estimate of drug-likeness (QED) is 0.763. The van der Waals surface area contributed by atoms with Gasteiger partial charge in [0.2, 0.25) is 0 Å². The van der Waals surface area contributed by atoms with Crippen molar-refractivity contribution in [2.75, 3.05) is 13.2 Å². The Kier molecular flexibility index (Phi) is 5.63. The standard InChI is InChI=1S/C13H20N2O2/c1-4-17-13(16)10(2)7-14-8-12-6-5-11(3)15-9-12/h5-6,9-10,14H,4,7-8H2,1-3H3. The second kappa shape index (κ2) is 7.01. The van der Waals surface area contributed by atoms with Crippen molar-refractivity contribution in [3.63, 3.8) is 0 Å². The zero-order valence-electron chi connectivity index (χ0n) is 10.7. The van der Waals surface area contributed by atoms with Gasteiger partial charge in [0.15, 0.2) is 0 Å². The second-order valence-corrected chi connectivity index (χ2v) is 4.09. The molecule has 17 heavy (non-hydrogen) atoms. The molecule has 4 nitrogen and oxygen atoms in total. The van der Waals surface area contributed by atoms with Crippen molar-refractivity contribution in [2.45, 2.75) is 27.3 Å². The summed E-state index contributed by atoms with van der Waals surface area (Å²) in [7, 11) is 0. The van der Waals surface area contributed by atoms with Crippen LogP contribution in [0.4, 0.5) is 0 Å². The van der Waals surface area contributed by atoms with Crippen LogP contribution in [-0.4, -0.2) is 24.1 Å². The highest BCUT2D eigenvalue weighted by Gasteiger charge is 2.12. The maximum absolute atomic E-state index is 11.4. The smallest absolute Gasteiger partial charge is 0.309 e. The molecule has 0 saturated carbocycles. The number of ether oxygens (including phenoxy) is 1. The Labute approximate surface area is 102 Å². The van der Waals surface area contributed by atoms with Gasteiger partial charge in [0.25, 0.3) is 0 Å². The Bertz CT molecular complexity index is 349. The SMILES string of the molecule is CCOC(=O)C(C)CNCc1ccc(C)nc1. The predicted molar refractivity (Wildman–Crippen MR) is 66.5 cm³/mol. The zero-order valence-corrected chi connectivity index (χ0v) is 10.7. The lowest BCUT2D eigenvalue weighted by atomic mass is 10.2. The van der Waals surface area contributed by atoms with Crippen LogP contribution in [0.2, 0.25) is 0 Å². The normalized spacial score (nSPS) is 12.2. The van der Waals surface area contributed by atoms with Crippen LogP contribution in [0.15, 0.2) is 18.3 Å². The molecule has 1 rings (SSSR count). The van der Waals surface area contributed by atoms with Crippen LogP contribution < -0.4 is 5.32 Å². The summed E-state index contributed by atoms with van der Waals surface area (Å²) in [4.78, 5) is 15.6. The van der Waals surface area contributed by atoms with Crippen molar-refractivity contribution in [3.8, 4) is 0 Å². The lowest BCUT2D eigenvalue weighted by Gasteiger charge is -2.11. The first-order valence-electron chi connectivity index (χ1n) is 5.92. The van der Waals surface area contributed by atoms with E-state index in [0.29, 0.717) is 13.2 Å². The van der Waals surface area contributed by atoms with Gasteiger partial charge in [-0.25, -0.2) is 0 Å². The third-order valence-electron chi connectivity index (χ3n) is 2.44. The van der Waals surface area contributed by atoms with Gasteiger partial charge in [0.1, 0.15) is 0 Å². The number of carbonyl (C=O) groups excluding carboxylic acids is 1. The van der Waals surface area contributed by atoms with Gasteiger partial charge in [0, 0.05) is 25.0 Å². The molecule has 1 aromatic heterocycles. The summed E-state index contributed by atoms with van der Waals surface area (Å²) in [5.41, 5.74) is 2.13. The summed E-state index contributed by atoms with van der Waals surface area (Å²) < 4.78 is 4.93. The molecule has 1 heterocycles. The van der Waals surface area contributed by atoms with Crippen LogP contribution in [0.5, 0.6) is 0 Å². The van der Waals surface area contributed by atoms with Crippen LogP contribution in [0.1, 0.15) is 25.1 Å². The zero-order chi connectivity index (χ0) is 12.7. The summed E-state index contributed by atoms with van der Waals surface area (Å²) >= 11 is 0. The Morgan fingerprint density at radius 2 is 2.29 bits per heavy atom. The van der Waals surface area contributed by atoms with E-state index in [1.165, 1.54) is 0 Å². The molecule has 1 aromatic rings. The van der Waals surface area contributed by atoms with Crippen molar-refractivity contribution in [2.24, 2.45) is 5.92 Å². The fraction of sp³-hybridized carbons (Fsp3) is 0.538. The van der Waals surface area contributed by atoms with Crippen molar-refractivity contribution < 1.29 is 9.53 Å². The van der Waals surface area contributed by atoms with E-state index in [0.717, 1.165) is 17.8 Å². The molecule has 0 amide bonds. The van der Waals surface area contributed by atoms with Crippen LogP contribution in [0, 0.1) is 12.8 Å². The third kappa shape index (κ3) is 4.95. The molecule has 0 radical (unpaired) electrons. The fourth-order valence-electron chi connectivity index (χ4n) is 1.40. The molecule has 1 N–H and O–H groups in total. The van der Waals surface area contributed by atoms with E-state index in [1.54, 1.807) is 0 Å². The van der Waals surface area contributed by atoms with Crippen LogP contribution in [-0.2, 0) is 16.1 Å². The van der Waals surface area contributed by atoms with Crippen molar-refractivity contribution in [3.05, 3.63) is 29.6 Å². The maximum Gasteiger partial charge on any atom is 0.309 e. The fourth-order valence-corrected chi connectivity index (χ4v) is 1.40. The number of pyridine rings is 1. The summed E-state index contributed by atoms with van der Waals surface area (Å²) in [6.07, 6.45) is 1.84. The first-order chi connectivity index (χ1) is 8.13. The molecule has 0 fully saturated rings. The largest absolute Gasteiger partial charge is 0.466 e. The molecule has 0 spiro atoms. The maximum atomic E-state index is 11.4. The lowest BCUT2D eigenvalue weighted by Crippen LogP contribution is -2.27.